The Labute approximate surface area is 160 Å². The molecule has 5 nitrogen and oxygen atoms in total. The van der Waals surface area contributed by atoms with Crippen molar-refractivity contribution >= 4 is 17.5 Å². The average Bonchev–Trinajstić information content (AvgIpc) is 2.69. The van der Waals surface area contributed by atoms with Crippen LogP contribution in [0.1, 0.15) is 22.8 Å². The van der Waals surface area contributed by atoms with E-state index in [2.05, 4.69) is 0 Å². The van der Waals surface area contributed by atoms with Gasteiger partial charge >= 0.3 is 6.18 Å². The normalized spacial score (nSPS) is 17.6. The van der Waals surface area contributed by atoms with Crippen LogP contribution in [0.25, 0.3) is 0 Å². The Balaban J connectivity index is 1.79. The molecule has 148 valence electrons. The first kappa shape index (κ1) is 19.7. The quantitative estimate of drug-likeness (QED) is 0.802. The van der Waals surface area contributed by atoms with Crippen molar-refractivity contribution in [2.24, 2.45) is 0 Å². The number of hydrogen-bond acceptors (Lipinski definition) is 3. The van der Waals surface area contributed by atoms with Crippen molar-refractivity contribution in [3.05, 3.63) is 59.7 Å². The van der Waals surface area contributed by atoms with Crippen molar-refractivity contribution in [1.82, 2.24) is 4.90 Å². The smallest absolute Gasteiger partial charge is 0.416 e. The van der Waals surface area contributed by atoms with Crippen molar-refractivity contribution < 1.29 is 27.5 Å². The number of carbonyl (C=O) groups excluding carboxylic acids is 2. The van der Waals surface area contributed by atoms with Crippen LogP contribution >= 0.6 is 0 Å². The number of alkyl halides is 3. The molecule has 2 aromatic carbocycles. The Morgan fingerprint density at radius 2 is 1.79 bits per heavy atom. The number of ether oxygens (including phenoxy) is 1. The van der Waals surface area contributed by atoms with Gasteiger partial charge < -0.3 is 14.5 Å². The van der Waals surface area contributed by atoms with Crippen LogP contribution in [0, 0.1) is 0 Å². The second kappa shape index (κ2) is 7.53. The lowest BCUT2D eigenvalue weighted by Gasteiger charge is -2.39. The van der Waals surface area contributed by atoms with Crippen LogP contribution in [0.2, 0.25) is 0 Å². The first-order valence-corrected chi connectivity index (χ1v) is 8.66. The highest BCUT2D eigenvalue weighted by Gasteiger charge is 2.36. The van der Waals surface area contributed by atoms with Gasteiger partial charge in [0, 0.05) is 24.3 Å². The molecule has 0 aromatic heterocycles. The molecule has 3 rings (SSSR count). The van der Waals surface area contributed by atoms with Crippen LogP contribution in [-0.2, 0) is 11.0 Å². The van der Waals surface area contributed by atoms with Crippen LogP contribution in [0.3, 0.4) is 0 Å². The summed E-state index contributed by atoms with van der Waals surface area (Å²) >= 11 is 0. The molecule has 0 spiro atoms. The summed E-state index contributed by atoms with van der Waals surface area (Å²) in [6.45, 7) is 1.91. The van der Waals surface area contributed by atoms with Gasteiger partial charge in [-0.2, -0.15) is 13.2 Å². The van der Waals surface area contributed by atoms with Gasteiger partial charge in [-0.15, -0.1) is 0 Å². The van der Waals surface area contributed by atoms with Gasteiger partial charge in [-0.25, -0.2) is 0 Å². The van der Waals surface area contributed by atoms with Gasteiger partial charge in [0.25, 0.3) is 5.91 Å². The standard InChI is InChI=1S/C20H19F3N2O3/c1-13-18(26)25(16-5-3-4-15(12-16)20(21,22)23)11-10-24(13)19(27)14-6-8-17(28-2)9-7-14/h3-9,12-13H,10-11H2,1-2H3/t13-/m1/s1. The Kier molecular flexibility index (Phi) is 5.31. The fourth-order valence-electron chi connectivity index (χ4n) is 3.15. The van der Waals surface area contributed by atoms with E-state index in [0.29, 0.717) is 11.3 Å². The number of nitrogens with zero attached hydrogens (tertiary/aromatic N) is 2. The van der Waals surface area contributed by atoms with Gasteiger partial charge in [-0.3, -0.25) is 9.59 Å². The van der Waals surface area contributed by atoms with Crippen molar-refractivity contribution in [3.8, 4) is 5.75 Å². The molecule has 0 unspecified atom stereocenters. The van der Waals surface area contributed by atoms with Crippen LogP contribution < -0.4 is 9.64 Å². The van der Waals surface area contributed by atoms with E-state index < -0.39 is 23.7 Å². The third kappa shape index (κ3) is 3.81. The molecule has 1 aliphatic rings. The summed E-state index contributed by atoms with van der Waals surface area (Å²) in [7, 11) is 1.52. The van der Waals surface area contributed by atoms with E-state index in [9.17, 15) is 22.8 Å². The van der Waals surface area contributed by atoms with Gasteiger partial charge in [0.15, 0.2) is 0 Å². The molecule has 0 bridgehead atoms. The van der Waals surface area contributed by atoms with Gasteiger partial charge in [0.2, 0.25) is 5.91 Å². The van der Waals surface area contributed by atoms with Gasteiger partial charge in [-0.1, -0.05) is 6.07 Å². The van der Waals surface area contributed by atoms with E-state index in [1.54, 1.807) is 31.2 Å². The molecule has 0 aliphatic carbocycles. The summed E-state index contributed by atoms with van der Waals surface area (Å²) in [6.07, 6.45) is -4.49. The maximum absolute atomic E-state index is 13.0. The first-order valence-electron chi connectivity index (χ1n) is 8.66. The molecule has 0 radical (unpaired) electrons. The lowest BCUT2D eigenvalue weighted by Crippen LogP contribution is -2.57. The molecule has 1 fully saturated rings. The highest BCUT2D eigenvalue weighted by Crippen LogP contribution is 2.32. The molecule has 2 aromatic rings. The van der Waals surface area contributed by atoms with Crippen LogP contribution in [0.15, 0.2) is 48.5 Å². The molecule has 1 aliphatic heterocycles. The zero-order chi connectivity index (χ0) is 20.5. The third-order valence-electron chi connectivity index (χ3n) is 4.74. The van der Waals surface area contributed by atoms with Crippen LogP contribution in [0.4, 0.5) is 18.9 Å². The summed E-state index contributed by atoms with van der Waals surface area (Å²) in [6, 6.07) is 10.4. The number of halogens is 3. The number of hydrogen-bond donors (Lipinski definition) is 0. The number of amides is 2. The molecule has 1 heterocycles. The Hall–Kier alpha value is -3.03. The van der Waals surface area contributed by atoms with Gasteiger partial charge in [0.1, 0.15) is 11.8 Å². The molecule has 0 N–H and O–H groups in total. The van der Waals surface area contributed by atoms with E-state index >= 15 is 0 Å². The van der Waals surface area contributed by atoms with E-state index in [0.717, 1.165) is 12.1 Å². The van der Waals surface area contributed by atoms with E-state index in [-0.39, 0.29) is 24.7 Å². The number of benzene rings is 2. The molecule has 28 heavy (non-hydrogen) atoms. The topological polar surface area (TPSA) is 49.9 Å². The SMILES string of the molecule is COc1ccc(C(=O)N2CCN(c3cccc(C(F)(F)F)c3)C(=O)[C@H]2C)cc1. The zero-order valence-electron chi connectivity index (χ0n) is 15.4. The molecule has 0 saturated carbocycles. The van der Waals surface area contributed by atoms with Gasteiger partial charge in [-0.05, 0) is 49.4 Å². The van der Waals surface area contributed by atoms with Crippen LogP contribution in [0.5, 0.6) is 5.75 Å². The second-order valence-corrected chi connectivity index (χ2v) is 6.44. The summed E-state index contributed by atoms with van der Waals surface area (Å²) in [5.41, 5.74) is -0.238. The maximum Gasteiger partial charge on any atom is 0.416 e. The highest BCUT2D eigenvalue weighted by atomic mass is 19.4. The van der Waals surface area contributed by atoms with Gasteiger partial charge in [0.05, 0.1) is 12.7 Å². The fraction of sp³-hybridized carbons (Fsp3) is 0.300. The maximum atomic E-state index is 13.0. The third-order valence-corrected chi connectivity index (χ3v) is 4.74. The number of methoxy groups -OCH3 is 1. The minimum Gasteiger partial charge on any atom is -0.497 e. The molecular weight excluding hydrogens is 373 g/mol. The Bertz CT molecular complexity index is 881. The number of piperazine rings is 1. The minimum atomic E-state index is -4.49. The minimum absolute atomic E-state index is 0.117. The largest absolute Gasteiger partial charge is 0.497 e. The van der Waals surface area contributed by atoms with Crippen molar-refractivity contribution in [2.45, 2.75) is 19.1 Å². The monoisotopic (exact) mass is 392 g/mol. The predicted molar refractivity (Wildman–Crippen MR) is 97.3 cm³/mol. The van der Waals surface area contributed by atoms with Crippen molar-refractivity contribution in [3.63, 3.8) is 0 Å². The molecule has 2 amide bonds. The second-order valence-electron chi connectivity index (χ2n) is 6.44. The first-order chi connectivity index (χ1) is 13.2. The fourth-order valence-corrected chi connectivity index (χ4v) is 3.15. The molecule has 8 heteroatoms. The van der Waals surface area contributed by atoms with E-state index in [1.165, 1.54) is 29.0 Å². The highest BCUT2D eigenvalue weighted by molar-refractivity contribution is 6.03. The summed E-state index contributed by atoms with van der Waals surface area (Å²) in [4.78, 5) is 28.2. The van der Waals surface area contributed by atoms with E-state index in [1.807, 2.05) is 0 Å². The molecular formula is C20H19F3N2O3. The lowest BCUT2D eigenvalue weighted by molar-refractivity contribution is -0.137. The predicted octanol–water partition coefficient (Wildman–Crippen LogP) is 3.59. The Morgan fingerprint density at radius 3 is 2.39 bits per heavy atom. The number of carbonyl (C=O) groups is 2. The molecule has 1 saturated heterocycles. The van der Waals surface area contributed by atoms with E-state index in [4.69, 9.17) is 4.74 Å². The van der Waals surface area contributed by atoms with Crippen molar-refractivity contribution in [1.29, 1.82) is 0 Å². The average molecular weight is 392 g/mol. The number of anilines is 1. The summed E-state index contributed by atoms with van der Waals surface area (Å²) in [5, 5.41) is 0. The summed E-state index contributed by atoms with van der Waals surface area (Å²) in [5.74, 6) is -0.130. The van der Waals surface area contributed by atoms with Crippen LogP contribution in [-0.4, -0.2) is 43.0 Å². The van der Waals surface area contributed by atoms with Crippen molar-refractivity contribution in [2.75, 3.05) is 25.1 Å². The zero-order valence-corrected chi connectivity index (χ0v) is 15.4. The number of rotatable bonds is 3. The lowest BCUT2D eigenvalue weighted by atomic mass is 10.1. The Morgan fingerprint density at radius 1 is 1.11 bits per heavy atom. The summed E-state index contributed by atoms with van der Waals surface area (Å²) < 4.78 is 43.9. The molecule has 1 atom stereocenters.